The summed E-state index contributed by atoms with van der Waals surface area (Å²) in [5.74, 6) is 0.930. The molecule has 0 aliphatic rings. The third-order valence-electron chi connectivity index (χ3n) is 2.56. The first-order valence-corrected chi connectivity index (χ1v) is 6.38. The van der Waals surface area contributed by atoms with Crippen LogP contribution in [0.1, 0.15) is 6.42 Å². The van der Waals surface area contributed by atoms with E-state index in [2.05, 4.69) is 38.4 Å². The van der Waals surface area contributed by atoms with Gasteiger partial charge in [-0.1, -0.05) is 24.3 Å². The van der Waals surface area contributed by atoms with Crippen LogP contribution in [-0.4, -0.2) is 25.2 Å². The maximum atomic E-state index is 5.02. The highest BCUT2D eigenvalue weighted by Gasteiger charge is 2.04. The third kappa shape index (κ3) is 2.96. The fourth-order valence-corrected chi connectivity index (χ4v) is 2.17. The molecule has 0 spiro atoms. The number of nitrogens with zero attached hydrogens (tertiary/aromatic N) is 1. The number of benzene rings is 1. The van der Waals surface area contributed by atoms with Crippen molar-refractivity contribution in [3.63, 3.8) is 0 Å². The van der Waals surface area contributed by atoms with E-state index in [1.54, 1.807) is 7.11 Å². The summed E-state index contributed by atoms with van der Waals surface area (Å²) < 4.78 is 6.04. The van der Waals surface area contributed by atoms with Gasteiger partial charge in [-0.25, -0.2) is 4.98 Å². The number of ether oxygens (including phenoxy) is 1. The van der Waals surface area contributed by atoms with Gasteiger partial charge in [0, 0.05) is 41.7 Å². The fraction of sp³-hybridized carbons (Fsp3) is 0.308. The number of rotatable bonds is 5. The van der Waals surface area contributed by atoms with Gasteiger partial charge < -0.3 is 10.1 Å². The molecular weight excluding hydrogens is 280 g/mol. The second-order valence-corrected chi connectivity index (χ2v) is 4.63. The first-order chi connectivity index (χ1) is 8.33. The van der Waals surface area contributed by atoms with Gasteiger partial charge in [0.05, 0.1) is 0 Å². The zero-order valence-corrected chi connectivity index (χ0v) is 11.3. The zero-order chi connectivity index (χ0) is 12.1. The first kappa shape index (κ1) is 12.3. The van der Waals surface area contributed by atoms with Gasteiger partial charge in [-0.2, -0.15) is 0 Å². The minimum Gasteiger partial charge on any atom is -0.385 e. The van der Waals surface area contributed by atoms with Gasteiger partial charge in [-0.3, -0.25) is 0 Å². The molecule has 0 radical (unpaired) electrons. The molecule has 1 heterocycles. The molecule has 4 heteroatoms. The summed E-state index contributed by atoms with van der Waals surface area (Å²) in [6.07, 6.45) is 2.81. The Bertz CT molecular complexity index is 502. The highest BCUT2D eigenvalue weighted by atomic mass is 79.9. The summed E-state index contributed by atoms with van der Waals surface area (Å²) >= 11 is 3.51. The Labute approximate surface area is 109 Å². The molecule has 1 N–H and O–H groups in total. The van der Waals surface area contributed by atoms with Crippen LogP contribution in [0.25, 0.3) is 10.8 Å². The predicted molar refractivity (Wildman–Crippen MR) is 74.4 cm³/mol. The number of hydrogen-bond acceptors (Lipinski definition) is 3. The number of halogens is 1. The summed E-state index contributed by atoms with van der Waals surface area (Å²) in [5, 5.41) is 5.65. The Kier molecular flexibility index (Phi) is 4.34. The lowest BCUT2D eigenvalue weighted by molar-refractivity contribution is 0.198. The average Bonchev–Trinajstić information content (AvgIpc) is 2.37. The first-order valence-electron chi connectivity index (χ1n) is 5.59. The number of methoxy groups -OCH3 is 1. The Hall–Kier alpha value is -1.13. The van der Waals surface area contributed by atoms with Crippen molar-refractivity contribution in [2.45, 2.75) is 6.42 Å². The SMILES string of the molecule is COCCCNc1ncc(Br)c2ccccc12. The van der Waals surface area contributed by atoms with Crippen LogP contribution in [0, 0.1) is 0 Å². The van der Waals surface area contributed by atoms with Crippen LogP contribution in [0.15, 0.2) is 34.9 Å². The van der Waals surface area contributed by atoms with Crippen LogP contribution < -0.4 is 5.32 Å². The van der Waals surface area contributed by atoms with E-state index in [-0.39, 0.29) is 0 Å². The smallest absolute Gasteiger partial charge is 0.133 e. The van der Waals surface area contributed by atoms with Crippen molar-refractivity contribution < 1.29 is 4.74 Å². The summed E-state index contributed by atoms with van der Waals surface area (Å²) in [6.45, 7) is 1.63. The summed E-state index contributed by atoms with van der Waals surface area (Å²) in [7, 11) is 1.72. The molecule has 0 bridgehead atoms. The Morgan fingerprint density at radius 3 is 2.82 bits per heavy atom. The maximum absolute atomic E-state index is 5.02. The number of hydrogen-bond donors (Lipinski definition) is 1. The van der Waals surface area contributed by atoms with Crippen molar-refractivity contribution in [1.29, 1.82) is 0 Å². The molecule has 0 aliphatic carbocycles. The quantitative estimate of drug-likeness (QED) is 0.858. The minimum atomic E-state index is 0.765. The number of pyridine rings is 1. The molecule has 0 fully saturated rings. The van der Waals surface area contributed by atoms with Crippen molar-refractivity contribution in [2.24, 2.45) is 0 Å². The normalized spacial score (nSPS) is 10.7. The number of fused-ring (bicyclic) bond motifs is 1. The lowest BCUT2D eigenvalue weighted by atomic mass is 10.1. The molecule has 0 unspecified atom stereocenters. The van der Waals surface area contributed by atoms with Gasteiger partial charge in [0.1, 0.15) is 5.82 Å². The Morgan fingerprint density at radius 2 is 2.06 bits per heavy atom. The predicted octanol–water partition coefficient (Wildman–Crippen LogP) is 3.45. The molecule has 3 nitrogen and oxygen atoms in total. The second-order valence-electron chi connectivity index (χ2n) is 3.77. The minimum absolute atomic E-state index is 0.765. The van der Waals surface area contributed by atoms with Gasteiger partial charge in [-0.15, -0.1) is 0 Å². The molecule has 2 aromatic rings. The van der Waals surface area contributed by atoms with Gasteiger partial charge in [0.2, 0.25) is 0 Å². The van der Waals surface area contributed by atoms with E-state index in [9.17, 15) is 0 Å². The number of aromatic nitrogens is 1. The molecule has 90 valence electrons. The molecule has 1 aromatic heterocycles. The number of anilines is 1. The summed E-state index contributed by atoms with van der Waals surface area (Å²) in [6, 6.07) is 8.21. The van der Waals surface area contributed by atoms with E-state index in [0.717, 1.165) is 35.2 Å². The lowest BCUT2D eigenvalue weighted by Crippen LogP contribution is -2.06. The van der Waals surface area contributed by atoms with Crippen LogP contribution in [0.4, 0.5) is 5.82 Å². The van der Waals surface area contributed by atoms with Crippen molar-refractivity contribution in [3.05, 3.63) is 34.9 Å². The van der Waals surface area contributed by atoms with Gasteiger partial charge in [0.25, 0.3) is 0 Å². The molecule has 0 atom stereocenters. The largest absolute Gasteiger partial charge is 0.385 e. The van der Waals surface area contributed by atoms with E-state index in [0.29, 0.717) is 0 Å². The molecule has 0 saturated heterocycles. The fourth-order valence-electron chi connectivity index (χ4n) is 1.72. The Balaban J connectivity index is 2.20. The van der Waals surface area contributed by atoms with Crippen molar-refractivity contribution in [1.82, 2.24) is 4.98 Å². The molecule has 0 saturated carbocycles. The zero-order valence-electron chi connectivity index (χ0n) is 9.74. The molecule has 0 amide bonds. The second kappa shape index (κ2) is 5.98. The van der Waals surface area contributed by atoms with Crippen LogP contribution in [-0.2, 0) is 4.74 Å². The highest BCUT2D eigenvalue weighted by molar-refractivity contribution is 9.10. The topological polar surface area (TPSA) is 34.1 Å². The van der Waals surface area contributed by atoms with Crippen molar-refractivity contribution in [3.8, 4) is 0 Å². The van der Waals surface area contributed by atoms with Crippen molar-refractivity contribution in [2.75, 3.05) is 25.6 Å². The standard InChI is InChI=1S/C13H15BrN2O/c1-17-8-4-7-15-13-11-6-3-2-5-10(11)12(14)9-16-13/h2-3,5-6,9H,4,7-8H2,1H3,(H,15,16). The highest BCUT2D eigenvalue weighted by Crippen LogP contribution is 2.27. The van der Waals surface area contributed by atoms with Gasteiger partial charge >= 0.3 is 0 Å². The average molecular weight is 295 g/mol. The molecule has 2 rings (SSSR count). The summed E-state index contributed by atoms with van der Waals surface area (Å²) in [4.78, 5) is 4.41. The molecular formula is C13H15BrN2O. The monoisotopic (exact) mass is 294 g/mol. The lowest BCUT2D eigenvalue weighted by Gasteiger charge is -2.09. The number of nitrogens with one attached hydrogen (secondary N) is 1. The molecule has 1 aromatic carbocycles. The van der Waals surface area contributed by atoms with Gasteiger partial charge in [-0.05, 0) is 22.4 Å². The van der Waals surface area contributed by atoms with E-state index in [1.165, 1.54) is 5.39 Å². The summed E-state index contributed by atoms with van der Waals surface area (Å²) in [5.41, 5.74) is 0. The molecule has 17 heavy (non-hydrogen) atoms. The van der Waals surface area contributed by atoms with E-state index < -0.39 is 0 Å². The van der Waals surface area contributed by atoms with Crippen LogP contribution in [0.5, 0.6) is 0 Å². The van der Waals surface area contributed by atoms with E-state index in [4.69, 9.17) is 4.74 Å². The van der Waals surface area contributed by atoms with Gasteiger partial charge in [0.15, 0.2) is 0 Å². The molecule has 0 aliphatic heterocycles. The van der Waals surface area contributed by atoms with E-state index in [1.807, 2.05) is 18.3 Å². The van der Waals surface area contributed by atoms with E-state index >= 15 is 0 Å². The van der Waals surface area contributed by atoms with Crippen LogP contribution in [0.3, 0.4) is 0 Å². The Morgan fingerprint density at radius 1 is 1.29 bits per heavy atom. The third-order valence-corrected chi connectivity index (χ3v) is 3.20. The van der Waals surface area contributed by atoms with Crippen LogP contribution >= 0.6 is 15.9 Å². The van der Waals surface area contributed by atoms with Crippen LogP contribution in [0.2, 0.25) is 0 Å². The van der Waals surface area contributed by atoms with Crippen molar-refractivity contribution >= 4 is 32.5 Å². The maximum Gasteiger partial charge on any atom is 0.133 e.